The first-order valence-electron chi connectivity index (χ1n) is 5.94. The number of nitrogens with zero attached hydrogens (tertiary/aromatic N) is 2. The Labute approximate surface area is 111 Å². The maximum Gasteiger partial charge on any atom is 0.323 e. The van der Waals surface area contributed by atoms with Gasteiger partial charge in [-0.2, -0.15) is 0 Å². The number of rotatable bonds is 6. The number of hydrogen-bond acceptors (Lipinski definition) is 6. The molecule has 2 rings (SSSR count). The van der Waals surface area contributed by atoms with Crippen LogP contribution < -0.4 is 5.32 Å². The Morgan fingerprint density at radius 2 is 2.22 bits per heavy atom. The van der Waals surface area contributed by atoms with E-state index in [2.05, 4.69) is 15.3 Å². The fraction of sp³-hybridized carbons (Fsp3) is 0.583. The van der Waals surface area contributed by atoms with E-state index in [1.165, 1.54) is 18.9 Å². The first kappa shape index (κ1) is 13.3. The summed E-state index contributed by atoms with van der Waals surface area (Å²) < 4.78 is 4.79. The van der Waals surface area contributed by atoms with Crippen molar-refractivity contribution in [2.24, 2.45) is 0 Å². The van der Waals surface area contributed by atoms with E-state index >= 15 is 0 Å². The van der Waals surface area contributed by atoms with Crippen LogP contribution in [0.5, 0.6) is 0 Å². The van der Waals surface area contributed by atoms with Gasteiger partial charge in [0.2, 0.25) is 0 Å². The SMILES string of the molecule is COC(=O)C(CSc1ncc(C)cn1)NC1CC1. The molecule has 18 heavy (non-hydrogen) atoms. The molecule has 0 aromatic carbocycles. The molecular weight excluding hydrogens is 250 g/mol. The summed E-state index contributed by atoms with van der Waals surface area (Å²) in [5.74, 6) is 0.369. The third-order valence-electron chi connectivity index (χ3n) is 2.64. The van der Waals surface area contributed by atoms with Gasteiger partial charge in [-0.05, 0) is 25.3 Å². The molecule has 1 heterocycles. The van der Waals surface area contributed by atoms with Gasteiger partial charge in [-0.3, -0.25) is 4.79 Å². The lowest BCUT2D eigenvalue weighted by atomic mass is 10.3. The highest BCUT2D eigenvalue weighted by atomic mass is 32.2. The molecule has 0 aliphatic heterocycles. The number of thioether (sulfide) groups is 1. The summed E-state index contributed by atoms with van der Waals surface area (Å²) in [6, 6.07) is 0.186. The average Bonchev–Trinajstić information content (AvgIpc) is 3.19. The summed E-state index contributed by atoms with van der Waals surface area (Å²) in [5, 5.41) is 3.96. The normalized spacial score (nSPS) is 16.3. The molecule has 1 aromatic heterocycles. The highest BCUT2D eigenvalue weighted by Gasteiger charge is 2.29. The van der Waals surface area contributed by atoms with Crippen molar-refractivity contribution in [3.8, 4) is 0 Å². The Bertz CT molecular complexity index is 406. The molecule has 0 saturated heterocycles. The van der Waals surface area contributed by atoms with Crippen molar-refractivity contribution >= 4 is 17.7 Å². The van der Waals surface area contributed by atoms with Crippen molar-refractivity contribution in [2.75, 3.05) is 12.9 Å². The largest absolute Gasteiger partial charge is 0.468 e. The minimum atomic E-state index is -0.280. The summed E-state index contributed by atoms with van der Waals surface area (Å²) in [7, 11) is 1.41. The Morgan fingerprint density at radius 1 is 1.56 bits per heavy atom. The van der Waals surface area contributed by atoms with Crippen molar-refractivity contribution in [3.05, 3.63) is 18.0 Å². The monoisotopic (exact) mass is 267 g/mol. The van der Waals surface area contributed by atoms with E-state index in [4.69, 9.17) is 4.74 Å². The van der Waals surface area contributed by atoms with E-state index < -0.39 is 0 Å². The number of ether oxygens (including phenoxy) is 1. The van der Waals surface area contributed by atoms with Gasteiger partial charge in [-0.15, -0.1) is 0 Å². The summed E-state index contributed by atoms with van der Waals surface area (Å²) in [6.07, 6.45) is 5.83. The third-order valence-corrected chi connectivity index (χ3v) is 3.61. The molecule has 1 aliphatic carbocycles. The van der Waals surface area contributed by atoms with Crippen LogP contribution in [-0.4, -0.2) is 40.9 Å². The molecule has 1 N–H and O–H groups in total. The Kier molecular flexibility index (Phi) is 4.54. The fourth-order valence-electron chi connectivity index (χ4n) is 1.47. The second-order valence-electron chi connectivity index (χ2n) is 4.37. The number of nitrogens with one attached hydrogen (secondary N) is 1. The Balaban J connectivity index is 1.87. The standard InChI is InChI=1S/C12H17N3O2S/c1-8-5-13-12(14-6-8)18-7-10(11(16)17-2)15-9-3-4-9/h5-6,9-10,15H,3-4,7H2,1-2H3. The van der Waals surface area contributed by atoms with Crippen LogP contribution in [-0.2, 0) is 9.53 Å². The van der Waals surface area contributed by atoms with Gasteiger partial charge in [-0.25, -0.2) is 9.97 Å². The molecule has 1 saturated carbocycles. The quantitative estimate of drug-likeness (QED) is 0.474. The van der Waals surface area contributed by atoms with Crippen LogP contribution in [0.15, 0.2) is 17.6 Å². The lowest BCUT2D eigenvalue weighted by molar-refractivity contribution is -0.142. The number of aryl methyl sites for hydroxylation is 1. The summed E-state index contributed by atoms with van der Waals surface area (Å²) in [5.41, 5.74) is 1.03. The van der Waals surface area contributed by atoms with Crippen LogP contribution in [0.4, 0.5) is 0 Å². The van der Waals surface area contributed by atoms with E-state index in [0.717, 1.165) is 18.4 Å². The van der Waals surface area contributed by atoms with E-state index in [0.29, 0.717) is 17.0 Å². The zero-order valence-electron chi connectivity index (χ0n) is 10.5. The number of methoxy groups -OCH3 is 1. The highest BCUT2D eigenvalue weighted by molar-refractivity contribution is 7.99. The van der Waals surface area contributed by atoms with Gasteiger partial charge < -0.3 is 10.1 Å². The van der Waals surface area contributed by atoms with Crippen LogP contribution in [0.2, 0.25) is 0 Å². The van der Waals surface area contributed by atoms with Crippen molar-refractivity contribution < 1.29 is 9.53 Å². The number of carbonyl (C=O) groups is 1. The lowest BCUT2D eigenvalue weighted by Gasteiger charge is -2.14. The summed E-state index contributed by atoms with van der Waals surface area (Å²) in [6.45, 7) is 1.94. The maximum atomic E-state index is 11.6. The van der Waals surface area contributed by atoms with Gasteiger partial charge in [-0.1, -0.05) is 11.8 Å². The molecule has 5 nitrogen and oxygen atoms in total. The zero-order valence-corrected chi connectivity index (χ0v) is 11.4. The van der Waals surface area contributed by atoms with E-state index in [1.807, 2.05) is 6.92 Å². The molecule has 1 atom stereocenters. The summed E-state index contributed by atoms with van der Waals surface area (Å²) >= 11 is 1.47. The number of hydrogen-bond donors (Lipinski definition) is 1. The van der Waals surface area contributed by atoms with Crippen LogP contribution in [0.25, 0.3) is 0 Å². The van der Waals surface area contributed by atoms with Crippen LogP contribution >= 0.6 is 11.8 Å². The zero-order chi connectivity index (χ0) is 13.0. The molecule has 0 bridgehead atoms. The fourth-order valence-corrected chi connectivity index (χ4v) is 2.28. The number of esters is 1. The number of aromatic nitrogens is 2. The van der Waals surface area contributed by atoms with Crippen LogP contribution in [0, 0.1) is 6.92 Å². The van der Waals surface area contributed by atoms with Gasteiger partial charge in [0.1, 0.15) is 6.04 Å². The first-order chi connectivity index (χ1) is 8.69. The molecule has 6 heteroatoms. The molecule has 0 radical (unpaired) electrons. The first-order valence-corrected chi connectivity index (χ1v) is 6.93. The van der Waals surface area contributed by atoms with Crippen molar-refractivity contribution in [2.45, 2.75) is 37.0 Å². The minimum Gasteiger partial charge on any atom is -0.468 e. The molecular formula is C12H17N3O2S. The molecule has 98 valence electrons. The smallest absolute Gasteiger partial charge is 0.323 e. The lowest BCUT2D eigenvalue weighted by Crippen LogP contribution is -2.41. The number of carbonyl (C=O) groups excluding carboxylic acids is 1. The van der Waals surface area contributed by atoms with E-state index in [-0.39, 0.29) is 12.0 Å². The maximum absolute atomic E-state index is 11.6. The summed E-state index contributed by atoms with van der Waals surface area (Å²) in [4.78, 5) is 20.0. The van der Waals surface area contributed by atoms with Crippen molar-refractivity contribution in [1.29, 1.82) is 0 Å². The predicted molar refractivity (Wildman–Crippen MR) is 69.5 cm³/mol. The average molecular weight is 267 g/mol. The van der Waals surface area contributed by atoms with Gasteiger partial charge in [0.15, 0.2) is 5.16 Å². The molecule has 0 amide bonds. The molecule has 0 spiro atoms. The second-order valence-corrected chi connectivity index (χ2v) is 5.36. The van der Waals surface area contributed by atoms with Crippen LogP contribution in [0.1, 0.15) is 18.4 Å². The van der Waals surface area contributed by atoms with Crippen molar-refractivity contribution in [1.82, 2.24) is 15.3 Å². The molecule has 1 aromatic rings. The third kappa shape index (κ3) is 3.96. The molecule has 1 fully saturated rings. The minimum absolute atomic E-state index is 0.221. The van der Waals surface area contributed by atoms with Gasteiger partial charge in [0, 0.05) is 24.2 Å². The van der Waals surface area contributed by atoms with Crippen molar-refractivity contribution in [3.63, 3.8) is 0 Å². The van der Waals surface area contributed by atoms with Gasteiger partial charge in [0.25, 0.3) is 0 Å². The Hall–Kier alpha value is -1.14. The predicted octanol–water partition coefficient (Wildman–Crippen LogP) is 1.17. The molecule has 1 unspecified atom stereocenters. The topological polar surface area (TPSA) is 64.1 Å². The Morgan fingerprint density at radius 3 is 2.78 bits per heavy atom. The molecule has 1 aliphatic rings. The van der Waals surface area contributed by atoms with Gasteiger partial charge >= 0.3 is 5.97 Å². The van der Waals surface area contributed by atoms with Crippen LogP contribution in [0.3, 0.4) is 0 Å². The highest BCUT2D eigenvalue weighted by Crippen LogP contribution is 2.21. The van der Waals surface area contributed by atoms with E-state index in [1.54, 1.807) is 12.4 Å². The van der Waals surface area contributed by atoms with E-state index in [9.17, 15) is 4.79 Å². The second kappa shape index (κ2) is 6.15. The van der Waals surface area contributed by atoms with Gasteiger partial charge in [0.05, 0.1) is 7.11 Å².